The molecule has 1 saturated heterocycles. The van der Waals surface area contributed by atoms with E-state index < -0.39 is 0 Å². The van der Waals surface area contributed by atoms with Gasteiger partial charge < -0.3 is 10.2 Å². The maximum Gasteiger partial charge on any atom is 0.141 e. The minimum Gasteiger partial charge on any atom is -0.306 e. The van der Waals surface area contributed by atoms with Crippen LogP contribution in [0.3, 0.4) is 0 Å². The van der Waals surface area contributed by atoms with E-state index in [1.54, 1.807) is 12.3 Å². The van der Waals surface area contributed by atoms with Crippen LogP contribution in [-0.2, 0) is 0 Å². The van der Waals surface area contributed by atoms with Crippen LogP contribution in [0.25, 0.3) is 0 Å². The second-order valence-corrected chi connectivity index (χ2v) is 4.93. The van der Waals surface area contributed by atoms with Gasteiger partial charge in [0.2, 0.25) is 0 Å². The zero-order chi connectivity index (χ0) is 12.3. The van der Waals surface area contributed by atoms with Crippen molar-refractivity contribution < 1.29 is 4.39 Å². The summed E-state index contributed by atoms with van der Waals surface area (Å²) < 4.78 is 13.1. The molecule has 3 nitrogen and oxygen atoms in total. The smallest absolute Gasteiger partial charge is 0.141 e. The van der Waals surface area contributed by atoms with Crippen LogP contribution in [0.4, 0.5) is 4.39 Å². The van der Waals surface area contributed by atoms with E-state index in [1.165, 1.54) is 25.6 Å². The first-order valence-corrected chi connectivity index (χ1v) is 6.20. The Hall–Kier alpha value is -1.00. The predicted octanol–water partition coefficient (Wildman–Crippen LogP) is 1.97. The number of hydrogen-bond donors (Lipinski definition) is 1. The first-order chi connectivity index (χ1) is 8.15. The molecule has 94 valence electrons. The number of hydrogen-bond acceptors (Lipinski definition) is 3. The highest BCUT2D eigenvalue weighted by Crippen LogP contribution is 2.16. The molecule has 4 heteroatoms. The Kier molecular flexibility index (Phi) is 4.07. The van der Waals surface area contributed by atoms with E-state index in [1.807, 2.05) is 0 Å². The van der Waals surface area contributed by atoms with E-state index in [-0.39, 0.29) is 11.9 Å². The fraction of sp³-hybridized carbons (Fsp3) is 0.615. The van der Waals surface area contributed by atoms with Crippen molar-refractivity contribution in [2.75, 3.05) is 20.1 Å². The molecule has 1 aliphatic heterocycles. The number of nitrogens with zero attached hydrogens (tertiary/aromatic N) is 2. The standard InChI is InChI=1S/C13H20FN3/c1-10(11-6-12(14)8-15-7-11)16-13-4-3-5-17(2)9-13/h6-8,10,13,16H,3-5,9H2,1-2H3. The van der Waals surface area contributed by atoms with Crippen molar-refractivity contribution in [1.29, 1.82) is 0 Å². The molecule has 0 aliphatic carbocycles. The summed E-state index contributed by atoms with van der Waals surface area (Å²) in [6, 6.07) is 2.19. The first-order valence-electron chi connectivity index (χ1n) is 6.20. The van der Waals surface area contributed by atoms with Crippen molar-refractivity contribution >= 4 is 0 Å². The summed E-state index contributed by atoms with van der Waals surface area (Å²) in [7, 11) is 2.14. The van der Waals surface area contributed by atoms with Crippen LogP contribution in [0.1, 0.15) is 31.4 Å². The van der Waals surface area contributed by atoms with Gasteiger partial charge in [-0.1, -0.05) is 0 Å². The summed E-state index contributed by atoms with van der Waals surface area (Å²) in [6.45, 7) is 4.30. The van der Waals surface area contributed by atoms with E-state index in [4.69, 9.17) is 0 Å². The third-order valence-electron chi connectivity index (χ3n) is 3.34. The quantitative estimate of drug-likeness (QED) is 0.871. The van der Waals surface area contributed by atoms with Crippen LogP contribution in [-0.4, -0.2) is 36.1 Å². The minimum absolute atomic E-state index is 0.148. The number of aromatic nitrogens is 1. The molecule has 2 atom stereocenters. The summed E-state index contributed by atoms with van der Waals surface area (Å²) >= 11 is 0. The maximum absolute atomic E-state index is 13.1. The van der Waals surface area contributed by atoms with Crippen molar-refractivity contribution in [3.63, 3.8) is 0 Å². The Morgan fingerprint density at radius 1 is 1.53 bits per heavy atom. The molecule has 17 heavy (non-hydrogen) atoms. The molecule has 2 heterocycles. The van der Waals surface area contributed by atoms with Crippen molar-refractivity contribution in [1.82, 2.24) is 15.2 Å². The highest BCUT2D eigenvalue weighted by atomic mass is 19.1. The van der Waals surface area contributed by atoms with Crippen LogP contribution in [0.5, 0.6) is 0 Å². The molecule has 1 aliphatic rings. The Morgan fingerprint density at radius 2 is 2.35 bits per heavy atom. The topological polar surface area (TPSA) is 28.2 Å². The second kappa shape index (κ2) is 5.56. The van der Waals surface area contributed by atoms with E-state index in [9.17, 15) is 4.39 Å². The van der Waals surface area contributed by atoms with E-state index in [2.05, 4.69) is 29.2 Å². The third-order valence-corrected chi connectivity index (χ3v) is 3.34. The molecular weight excluding hydrogens is 217 g/mol. The van der Waals surface area contributed by atoms with E-state index in [0.717, 1.165) is 12.1 Å². The van der Waals surface area contributed by atoms with Crippen molar-refractivity contribution in [3.8, 4) is 0 Å². The predicted molar refractivity (Wildman–Crippen MR) is 66.3 cm³/mol. The monoisotopic (exact) mass is 237 g/mol. The molecule has 0 spiro atoms. The minimum atomic E-state index is -0.267. The molecule has 0 aromatic carbocycles. The number of likely N-dealkylation sites (N-methyl/N-ethyl adjacent to an activating group) is 1. The number of nitrogens with one attached hydrogen (secondary N) is 1. The van der Waals surface area contributed by atoms with Gasteiger partial charge in [0.15, 0.2) is 0 Å². The Balaban J connectivity index is 1.94. The van der Waals surface area contributed by atoms with Crippen LogP contribution >= 0.6 is 0 Å². The summed E-state index contributed by atoms with van der Waals surface area (Å²) in [4.78, 5) is 6.22. The lowest BCUT2D eigenvalue weighted by atomic mass is 10.0. The molecule has 1 aromatic heterocycles. The van der Waals surface area contributed by atoms with E-state index >= 15 is 0 Å². The maximum atomic E-state index is 13.1. The fourth-order valence-electron chi connectivity index (χ4n) is 2.42. The van der Waals surface area contributed by atoms with Gasteiger partial charge in [-0.15, -0.1) is 0 Å². The van der Waals surface area contributed by atoms with Gasteiger partial charge in [0.1, 0.15) is 5.82 Å². The van der Waals surface area contributed by atoms with Crippen molar-refractivity contribution in [2.24, 2.45) is 0 Å². The van der Waals surface area contributed by atoms with Gasteiger partial charge in [-0.25, -0.2) is 4.39 Å². The lowest BCUT2D eigenvalue weighted by molar-refractivity contribution is 0.218. The summed E-state index contributed by atoms with van der Waals surface area (Å²) in [5.41, 5.74) is 0.915. The number of halogens is 1. The van der Waals surface area contributed by atoms with Gasteiger partial charge >= 0.3 is 0 Å². The van der Waals surface area contributed by atoms with Crippen molar-refractivity contribution in [3.05, 3.63) is 29.8 Å². The lowest BCUT2D eigenvalue weighted by Crippen LogP contribution is -2.44. The van der Waals surface area contributed by atoms with Gasteiger partial charge in [0, 0.05) is 24.8 Å². The Labute approximate surface area is 102 Å². The average molecular weight is 237 g/mol. The normalized spacial score (nSPS) is 23.6. The Bertz CT molecular complexity index is 369. The number of piperidine rings is 1. The molecule has 1 N–H and O–H groups in total. The van der Waals surface area contributed by atoms with Crippen molar-refractivity contribution in [2.45, 2.75) is 31.8 Å². The molecule has 0 radical (unpaired) electrons. The second-order valence-electron chi connectivity index (χ2n) is 4.93. The number of rotatable bonds is 3. The zero-order valence-electron chi connectivity index (χ0n) is 10.5. The SMILES string of the molecule is CC(NC1CCCN(C)C1)c1cncc(F)c1. The molecule has 2 rings (SSSR count). The van der Waals surface area contributed by atoms with Crippen LogP contribution < -0.4 is 5.32 Å². The number of likely N-dealkylation sites (tertiary alicyclic amines) is 1. The Morgan fingerprint density at radius 3 is 3.06 bits per heavy atom. The van der Waals surface area contributed by atoms with Gasteiger partial charge in [-0.05, 0) is 45.0 Å². The van der Waals surface area contributed by atoms with Gasteiger partial charge in [0.05, 0.1) is 6.20 Å². The summed E-state index contributed by atoms with van der Waals surface area (Å²) in [5.74, 6) is -0.267. The summed E-state index contributed by atoms with van der Waals surface area (Å²) in [5, 5.41) is 3.54. The van der Waals surface area contributed by atoms with Gasteiger partial charge in [-0.2, -0.15) is 0 Å². The van der Waals surface area contributed by atoms with Gasteiger partial charge in [0.25, 0.3) is 0 Å². The van der Waals surface area contributed by atoms with Crippen LogP contribution in [0, 0.1) is 5.82 Å². The first kappa shape index (κ1) is 12.5. The summed E-state index contributed by atoms with van der Waals surface area (Å²) in [6.07, 6.45) is 5.39. The molecule has 1 fully saturated rings. The molecule has 0 saturated carbocycles. The largest absolute Gasteiger partial charge is 0.306 e. The molecule has 0 bridgehead atoms. The van der Waals surface area contributed by atoms with Crippen LogP contribution in [0.15, 0.2) is 18.5 Å². The molecule has 1 aromatic rings. The third kappa shape index (κ3) is 3.48. The number of pyridine rings is 1. The highest BCUT2D eigenvalue weighted by Gasteiger charge is 2.19. The fourth-order valence-corrected chi connectivity index (χ4v) is 2.42. The van der Waals surface area contributed by atoms with Gasteiger partial charge in [-0.3, -0.25) is 4.98 Å². The highest BCUT2D eigenvalue weighted by molar-refractivity contribution is 5.14. The zero-order valence-corrected chi connectivity index (χ0v) is 10.5. The van der Waals surface area contributed by atoms with E-state index in [0.29, 0.717) is 6.04 Å². The molecule has 2 unspecified atom stereocenters. The lowest BCUT2D eigenvalue weighted by Gasteiger charge is -2.32. The molecule has 0 amide bonds. The molecular formula is C13H20FN3. The van der Waals surface area contributed by atoms with Crippen LogP contribution in [0.2, 0.25) is 0 Å². The average Bonchev–Trinajstić information content (AvgIpc) is 2.29.